The van der Waals surface area contributed by atoms with Crippen molar-refractivity contribution < 1.29 is 9.31 Å². The van der Waals surface area contributed by atoms with Gasteiger partial charge in [0.15, 0.2) is 0 Å². The minimum atomic E-state index is -0.642. The van der Waals surface area contributed by atoms with E-state index >= 15 is 0 Å². The molecule has 5 nitrogen and oxygen atoms in total. The van der Waals surface area contributed by atoms with E-state index < -0.39 is 10.7 Å². The zero-order valence-electron chi connectivity index (χ0n) is 8.24. The molecular weight excluding hydrogens is 201 g/mol. The minimum Gasteiger partial charge on any atom is -0.383 e. The van der Waals surface area contributed by atoms with Gasteiger partial charge in [-0.05, 0) is 13.0 Å². The van der Waals surface area contributed by atoms with E-state index in [-0.39, 0.29) is 11.7 Å². The monoisotopic (exact) mass is 213 g/mol. The second-order valence-electron chi connectivity index (χ2n) is 3.31. The van der Waals surface area contributed by atoms with Gasteiger partial charge in [-0.15, -0.1) is 0 Å². The van der Waals surface area contributed by atoms with E-state index in [4.69, 9.17) is 5.73 Å². The molecule has 0 aromatic heterocycles. The predicted octanol–water partition coefficient (Wildman–Crippen LogP) is 1.49. The molecule has 1 rings (SSSR count). The van der Waals surface area contributed by atoms with E-state index in [1.165, 1.54) is 12.1 Å². The first kappa shape index (κ1) is 11.4. The highest BCUT2D eigenvalue weighted by molar-refractivity contribution is 5.51. The van der Waals surface area contributed by atoms with Gasteiger partial charge in [-0.2, -0.15) is 0 Å². The number of nitrogens with zero attached hydrogens (tertiary/aromatic N) is 1. The van der Waals surface area contributed by atoms with Crippen molar-refractivity contribution in [2.24, 2.45) is 5.73 Å². The predicted molar refractivity (Wildman–Crippen MR) is 55.2 cm³/mol. The maximum Gasteiger partial charge on any atom is 0.274 e. The number of nitro groups is 1. The third kappa shape index (κ3) is 3.51. The number of nitrogens with two attached hydrogens (primary N) is 1. The Bertz CT molecular complexity index is 368. The van der Waals surface area contributed by atoms with Crippen molar-refractivity contribution in [1.29, 1.82) is 0 Å². The van der Waals surface area contributed by atoms with Gasteiger partial charge in [0.25, 0.3) is 5.69 Å². The zero-order chi connectivity index (χ0) is 11.4. The van der Waals surface area contributed by atoms with Crippen molar-refractivity contribution in [3.8, 4) is 0 Å². The number of hydrogen-bond acceptors (Lipinski definition) is 4. The molecule has 0 radical (unpaired) electrons. The van der Waals surface area contributed by atoms with Gasteiger partial charge in [0, 0.05) is 24.3 Å². The number of benzene rings is 1. The van der Waals surface area contributed by atoms with Crippen LogP contribution in [0, 0.1) is 15.9 Å². The topological polar surface area (TPSA) is 81.2 Å². The lowest BCUT2D eigenvalue weighted by Gasteiger charge is -2.08. The van der Waals surface area contributed by atoms with Crippen LogP contribution < -0.4 is 11.1 Å². The molecule has 82 valence electrons. The van der Waals surface area contributed by atoms with Crippen molar-refractivity contribution in [1.82, 2.24) is 0 Å². The van der Waals surface area contributed by atoms with E-state index in [0.29, 0.717) is 12.2 Å². The van der Waals surface area contributed by atoms with Crippen LogP contribution in [0.3, 0.4) is 0 Å². The van der Waals surface area contributed by atoms with Gasteiger partial charge < -0.3 is 11.1 Å². The largest absolute Gasteiger partial charge is 0.383 e. The Labute approximate surface area is 86.2 Å². The van der Waals surface area contributed by atoms with Crippen LogP contribution in [-0.4, -0.2) is 17.5 Å². The van der Waals surface area contributed by atoms with E-state index in [1.807, 2.05) is 0 Å². The summed E-state index contributed by atoms with van der Waals surface area (Å²) in [6, 6.07) is 3.23. The van der Waals surface area contributed by atoms with Gasteiger partial charge in [-0.1, -0.05) is 0 Å². The molecule has 1 unspecified atom stereocenters. The Hall–Kier alpha value is -1.69. The molecule has 1 aromatic rings. The van der Waals surface area contributed by atoms with Crippen LogP contribution >= 0.6 is 0 Å². The second kappa shape index (κ2) is 4.70. The number of nitro benzene ring substituents is 1. The summed E-state index contributed by atoms with van der Waals surface area (Å²) in [6.45, 7) is 2.21. The Balaban J connectivity index is 2.84. The summed E-state index contributed by atoms with van der Waals surface area (Å²) in [5, 5.41) is 13.2. The van der Waals surface area contributed by atoms with Crippen molar-refractivity contribution >= 4 is 11.4 Å². The van der Waals surface area contributed by atoms with Gasteiger partial charge in [-0.3, -0.25) is 10.1 Å². The summed E-state index contributed by atoms with van der Waals surface area (Å²) in [5.41, 5.74) is 5.57. The van der Waals surface area contributed by atoms with E-state index in [0.717, 1.165) is 6.07 Å². The molecular formula is C9H12FN3O2. The quantitative estimate of drug-likeness (QED) is 0.586. The number of rotatable bonds is 4. The fourth-order valence-electron chi connectivity index (χ4n) is 1.06. The number of nitrogens with one attached hydrogen (secondary N) is 1. The van der Waals surface area contributed by atoms with Gasteiger partial charge in [0.1, 0.15) is 5.82 Å². The van der Waals surface area contributed by atoms with Gasteiger partial charge in [-0.25, -0.2) is 4.39 Å². The van der Waals surface area contributed by atoms with E-state index in [9.17, 15) is 14.5 Å². The molecule has 0 fully saturated rings. The molecule has 0 amide bonds. The number of anilines is 1. The fourth-order valence-corrected chi connectivity index (χ4v) is 1.06. The summed E-state index contributed by atoms with van der Waals surface area (Å²) < 4.78 is 12.9. The Morgan fingerprint density at radius 3 is 2.80 bits per heavy atom. The molecule has 1 aromatic carbocycles. The summed E-state index contributed by atoms with van der Waals surface area (Å²) in [4.78, 5) is 9.79. The summed E-state index contributed by atoms with van der Waals surface area (Å²) in [5.74, 6) is -0.642. The highest BCUT2D eigenvalue weighted by atomic mass is 19.1. The maximum absolute atomic E-state index is 12.9. The van der Waals surface area contributed by atoms with Crippen LogP contribution in [-0.2, 0) is 0 Å². The average Bonchev–Trinajstić information content (AvgIpc) is 2.13. The van der Waals surface area contributed by atoms with Crippen molar-refractivity contribution in [3.63, 3.8) is 0 Å². The standard InChI is InChI=1S/C9H12FN3O2/c1-6(11)5-12-8-2-7(10)3-9(4-8)13(14)15/h2-4,6,12H,5,11H2,1H3. The Morgan fingerprint density at radius 1 is 1.60 bits per heavy atom. The normalized spacial score (nSPS) is 12.2. The van der Waals surface area contributed by atoms with Crippen LogP contribution in [0.4, 0.5) is 15.8 Å². The minimum absolute atomic E-state index is 0.104. The molecule has 0 aliphatic heterocycles. The molecule has 15 heavy (non-hydrogen) atoms. The average molecular weight is 213 g/mol. The lowest BCUT2D eigenvalue weighted by atomic mass is 10.2. The van der Waals surface area contributed by atoms with Gasteiger partial charge >= 0.3 is 0 Å². The lowest BCUT2D eigenvalue weighted by molar-refractivity contribution is -0.385. The van der Waals surface area contributed by atoms with E-state index in [2.05, 4.69) is 5.32 Å². The van der Waals surface area contributed by atoms with Crippen molar-refractivity contribution in [3.05, 3.63) is 34.1 Å². The first-order valence-corrected chi connectivity index (χ1v) is 4.43. The molecule has 0 saturated carbocycles. The molecule has 0 heterocycles. The molecule has 0 aliphatic rings. The Morgan fingerprint density at radius 2 is 2.27 bits per heavy atom. The molecule has 3 N–H and O–H groups in total. The van der Waals surface area contributed by atoms with E-state index in [1.54, 1.807) is 6.92 Å². The summed E-state index contributed by atoms with van der Waals surface area (Å²) in [6.07, 6.45) is 0. The Kier molecular flexibility index (Phi) is 3.56. The number of non-ortho nitro benzene ring substituents is 1. The van der Waals surface area contributed by atoms with Gasteiger partial charge in [0.05, 0.1) is 11.0 Å². The van der Waals surface area contributed by atoms with Crippen LogP contribution in [0.15, 0.2) is 18.2 Å². The van der Waals surface area contributed by atoms with Crippen LogP contribution in [0.2, 0.25) is 0 Å². The summed E-state index contributed by atoms with van der Waals surface area (Å²) >= 11 is 0. The van der Waals surface area contributed by atoms with Crippen LogP contribution in [0.25, 0.3) is 0 Å². The first-order valence-electron chi connectivity index (χ1n) is 4.43. The zero-order valence-corrected chi connectivity index (χ0v) is 8.24. The first-order chi connectivity index (χ1) is 6.99. The van der Waals surface area contributed by atoms with Crippen molar-refractivity contribution in [2.75, 3.05) is 11.9 Å². The maximum atomic E-state index is 12.9. The smallest absolute Gasteiger partial charge is 0.274 e. The molecule has 6 heteroatoms. The highest BCUT2D eigenvalue weighted by Gasteiger charge is 2.09. The fraction of sp³-hybridized carbons (Fsp3) is 0.333. The third-order valence-corrected chi connectivity index (χ3v) is 1.72. The van der Waals surface area contributed by atoms with Crippen LogP contribution in [0.1, 0.15) is 6.92 Å². The molecule has 0 bridgehead atoms. The molecule has 1 atom stereocenters. The van der Waals surface area contributed by atoms with Crippen molar-refractivity contribution in [2.45, 2.75) is 13.0 Å². The highest BCUT2D eigenvalue weighted by Crippen LogP contribution is 2.19. The van der Waals surface area contributed by atoms with Crippen LogP contribution in [0.5, 0.6) is 0 Å². The number of hydrogen-bond donors (Lipinski definition) is 2. The number of halogens is 1. The summed E-state index contributed by atoms with van der Waals surface area (Å²) in [7, 11) is 0. The van der Waals surface area contributed by atoms with Gasteiger partial charge in [0.2, 0.25) is 0 Å². The third-order valence-electron chi connectivity index (χ3n) is 1.72. The molecule has 0 spiro atoms. The second-order valence-corrected chi connectivity index (χ2v) is 3.31. The SMILES string of the molecule is CC(N)CNc1cc(F)cc([N+](=O)[O-])c1. The molecule has 0 saturated heterocycles. The molecule has 0 aliphatic carbocycles. The lowest BCUT2D eigenvalue weighted by Crippen LogP contribution is -2.25.